The molecule has 4 heteroatoms. The van der Waals surface area contributed by atoms with Crippen LogP contribution in [0, 0.1) is 17.8 Å². The molecule has 3 aliphatic rings. The highest BCUT2D eigenvalue weighted by atomic mass is 16.3. The molecule has 55 heavy (non-hydrogen) atoms. The third kappa shape index (κ3) is 4.74. The minimum atomic E-state index is -0.0125. The van der Waals surface area contributed by atoms with Gasteiger partial charge >= 0.3 is 0 Å². The predicted molar refractivity (Wildman–Crippen MR) is 228 cm³/mol. The molecule has 4 nitrogen and oxygen atoms in total. The Balaban J connectivity index is 0.906. The summed E-state index contributed by atoms with van der Waals surface area (Å²) in [5.74, 6) is 1.49. The van der Waals surface area contributed by atoms with E-state index in [4.69, 9.17) is 4.42 Å². The third-order valence-corrected chi connectivity index (χ3v) is 13.1. The summed E-state index contributed by atoms with van der Waals surface area (Å²) in [6.07, 6.45) is 15.1. The van der Waals surface area contributed by atoms with Gasteiger partial charge in [-0.05, 0) is 102 Å². The highest BCUT2D eigenvalue weighted by Crippen LogP contribution is 2.54. The van der Waals surface area contributed by atoms with E-state index in [0.29, 0.717) is 45.7 Å². The molecule has 2 aromatic heterocycles. The van der Waals surface area contributed by atoms with Gasteiger partial charge in [-0.2, -0.15) is 0 Å². The van der Waals surface area contributed by atoms with Crippen LogP contribution in [-0.4, -0.2) is 16.1 Å². The van der Waals surface area contributed by atoms with Crippen LogP contribution in [0.2, 0.25) is 0 Å². The number of hydrogen-bond acceptors (Lipinski definition) is 3. The summed E-state index contributed by atoms with van der Waals surface area (Å²) < 4.78 is 8.76. The standard InChI is InChI=1S/C51H40N2O2/c1-32-10-9-14-44-41-13-5-8-17-47(41)53(51(32,44)2)38-26-20-33(21-27-38)35-23-29-48-43(30-35)50(54)42-28-22-36(31-49(42)55-48)34-18-24-37(25-19-34)52-45-15-6-3-11-39(45)40-12-4-7-16-46(40)52/h3-9,11-32,41,44,47H,10H2,1-2H3. The summed E-state index contributed by atoms with van der Waals surface area (Å²) in [6.45, 7) is 4.86. The first-order valence-electron chi connectivity index (χ1n) is 19.5. The number of anilines is 1. The molecular formula is C51H40N2O2. The Kier molecular flexibility index (Phi) is 7.03. The number of rotatable bonds is 4. The summed E-state index contributed by atoms with van der Waals surface area (Å²) in [5.41, 5.74) is 10.1. The fourth-order valence-electron chi connectivity index (χ4n) is 10.1. The molecular weight excluding hydrogens is 673 g/mol. The van der Waals surface area contributed by atoms with Crippen molar-refractivity contribution in [1.29, 1.82) is 0 Å². The van der Waals surface area contributed by atoms with Gasteiger partial charge in [-0.1, -0.05) is 116 Å². The Morgan fingerprint density at radius 2 is 1.22 bits per heavy atom. The van der Waals surface area contributed by atoms with Gasteiger partial charge in [0.15, 0.2) is 0 Å². The van der Waals surface area contributed by atoms with Crippen molar-refractivity contribution in [3.63, 3.8) is 0 Å². The molecule has 3 heterocycles. The van der Waals surface area contributed by atoms with Crippen molar-refractivity contribution in [3.8, 4) is 27.9 Å². The highest BCUT2D eigenvalue weighted by molar-refractivity contribution is 6.09. The molecule has 1 aliphatic heterocycles. The summed E-state index contributed by atoms with van der Waals surface area (Å²) >= 11 is 0. The van der Waals surface area contributed by atoms with Crippen LogP contribution in [0.15, 0.2) is 179 Å². The first-order valence-corrected chi connectivity index (χ1v) is 19.5. The van der Waals surface area contributed by atoms with Crippen LogP contribution in [-0.2, 0) is 0 Å². The number of benzene rings is 6. The van der Waals surface area contributed by atoms with Crippen LogP contribution in [0.25, 0.3) is 71.7 Å². The third-order valence-electron chi connectivity index (χ3n) is 13.1. The van der Waals surface area contributed by atoms with E-state index in [9.17, 15) is 4.79 Å². The van der Waals surface area contributed by atoms with Crippen LogP contribution in [0.4, 0.5) is 5.69 Å². The van der Waals surface area contributed by atoms with Crippen molar-refractivity contribution in [2.75, 3.05) is 4.90 Å². The molecule has 1 fully saturated rings. The minimum Gasteiger partial charge on any atom is -0.456 e. The fourth-order valence-corrected chi connectivity index (χ4v) is 10.1. The lowest BCUT2D eigenvalue weighted by Crippen LogP contribution is -2.53. The topological polar surface area (TPSA) is 38.4 Å². The second-order valence-corrected chi connectivity index (χ2v) is 15.8. The summed E-state index contributed by atoms with van der Waals surface area (Å²) in [4.78, 5) is 16.7. The first-order chi connectivity index (χ1) is 27.0. The van der Waals surface area contributed by atoms with Gasteiger partial charge in [-0.3, -0.25) is 4.79 Å². The molecule has 0 spiro atoms. The Morgan fingerprint density at radius 3 is 1.95 bits per heavy atom. The maximum atomic E-state index is 14.0. The fraction of sp³-hybridized carbons (Fsp3) is 0.157. The van der Waals surface area contributed by atoms with E-state index in [1.165, 1.54) is 27.5 Å². The highest BCUT2D eigenvalue weighted by Gasteiger charge is 2.57. The summed E-state index contributed by atoms with van der Waals surface area (Å²) in [7, 11) is 0. The molecule has 0 radical (unpaired) electrons. The number of allylic oxidation sites excluding steroid dienone is 3. The maximum absolute atomic E-state index is 14.0. The predicted octanol–water partition coefficient (Wildman–Crippen LogP) is 12.3. The Morgan fingerprint density at radius 1 is 0.600 bits per heavy atom. The van der Waals surface area contributed by atoms with Gasteiger partial charge in [0.2, 0.25) is 5.43 Å². The lowest BCUT2D eigenvalue weighted by molar-refractivity contribution is 0.244. The second-order valence-electron chi connectivity index (χ2n) is 15.8. The van der Waals surface area contributed by atoms with E-state index in [1.807, 2.05) is 30.3 Å². The average Bonchev–Trinajstić information content (AvgIpc) is 3.71. The zero-order valence-corrected chi connectivity index (χ0v) is 30.9. The van der Waals surface area contributed by atoms with Gasteiger partial charge in [0, 0.05) is 39.5 Å². The zero-order valence-electron chi connectivity index (χ0n) is 30.9. The Hall–Kier alpha value is -6.39. The average molecular weight is 713 g/mol. The molecule has 1 saturated heterocycles. The number of hydrogen-bond donors (Lipinski definition) is 0. The minimum absolute atomic E-state index is 0.0125. The molecule has 0 amide bonds. The van der Waals surface area contributed by atoms with Crippen molar-refractivity contribution >= 4 is 49.4 Å². The number of fused-ring (bicyclic) bond motifs is 8. The van der Waals surface area contributed by atoms with Crippen LogP contribution in [0.1, 0.15) is 20.3 Å². The molecule has 6 aromatic carbocycles. The molecule has 266 valence electrons. The lowest BCUT2D eigenvalue weighted by atomic mass is 9.68. The van der Waals surface area contributed by atoms with Gasteiger partial charge in [-0.25, -0.2) is 0 Å². The maximum Gasteiger partial charge on any atom is 0.200 e. The second kappa shape index (κ2) is 12.1. The van der Waals surface area contributed by atoms with Crippen LogP contribution in [0.3, 0.4) is 0 Å². The number of aromatic nitrogens is 1. The first kappa shape index (κ1) is 32.1. The van der Waals surface area contributed by atoms with Crippen molar-refractivity contribution < 1.29 is 4.42 Å². The lowest BCUT2D eigenvalue weighted by Gasteiger charge is -2.47. The zero-order chi connectivity index (χ0) is 36.8. The Labute approximate surface area is 319 Å². The van der Waals surface area contributed by atoms with E-state index in [2.05, 4.69) is 163 Å². The largest absolute Gasteiger partial charge is 0.456 e. The van der Waals surface area contributed by atoms with Crippen molar-refractivity contribution in [3.05, 3.63) is 180 Å². The molecule has 8 aromatic rings. The van der Waals surface area contributed by atoms with Crippen molar-refractivity contribution in [2.45, 2.75) is 31.8 Å². The van der Waals surface area contributed by atoms with E-state index in [-0.39, 0.29) is 11.0 Å². The monoisotopic (exact) mass is 712 g/mol. The van der Waals surface area contributed by atoms with Crippen LogP contribution in [0.5, 0.6) is 0 Å². The van der Waals surface area contributed by atoms with Gasteiger partial charge < -0.3 is 13.9 Å². The van der Waals surface area contributed by atoms with Gasteiger partial charge in [0.25, 0.3) is 0 Å². The molecule has 0 saturated carbocycles. The molecule has 0 N–H and O–H groups in total. The molecule has 5 atom stereocenters. The van der Waals surface area contributed by atoms with E-state index >= 15 is 0 Å². The summed E-state index contributed by atoms with van der Waals surface area (Å²) in [6, 6.07) is 46.9. The van der Waals surface area contributed by atoms with Gasteiger partial charge in [0.05, 0.1) is 27.8 Å². The normalized spacial score (nSPS) is 22.9. The molecule has 2 aliphatic carbocycles. The molecule has 5 unspecified atom stereocenters. The summed E-state index contributed by atoms with van der Waals surface area (Å²) in [5, 5.41) is 3.67. The van der Waals surface area contributed by atoms with E-state index in [1.54, 1.807) is 0 Å². The van der Waals surface area contributed by atoms with Crippen molar-refractivity contribution in [2.24, 2.45) is 17.8 Å². The smallest absolute Gasteiger partial charge is 0.200 e. The number of nitrogens with zero attached hydrogens (tertiary/aromatic N) is 2. The van der Waals surface area contributed by atoms with Crippen LogP contribution >= 0.6 is 0 Å². The van der Waals surface area contributed by atoms with Crippen molar-refractivity contribution in [1.82, 2.24) is 4.57 Å². The van der Waals surface area contributed by atoms with Gasteiger partial charge in [-0.15, -0.1) is 0 Å². The Bertz CT molecular complexity index is 2930. The number of para-hydroxylation sites is 2. The molecule has 11 rings (SSSR count). The SMILES string of the molecule is CC1CC=CC2C3C=CC=CC3N(c3ccc(-c4ccc5oc6cc(-c7ccc(-n8c9ccccc9c9ccccc98)cc7)ccc6c(=O)c5c4)cc3)C12C. The quantitative estimate of drug-likeness (QED) is 0.135. The van der Waals surface area contributed by atoms with Gasteiger partial charge in [0.1, 0.15) is 11.2 Å². The van der Waals surface area contributed by atoms with E-state index in [0.717, 1.165) is 34.4 Å². The van der Waals surface area contributed by atoms with E-state index < -0.39 is 0 Å². The molecule has 0 bridgehead atoms. The van der Waals surface area contributed by atoms with Crippen LogP contribution < -0.4 is 10.3 Å².